The molecular formula is C15H25N. The highest BCUT2D eigenvalue weighted by Gasteiger charge is 2.23. The van der Waals surface area contributed by atoms with Crippen LogP contribution in [0, 0.1) is 5.41 Å². The van der Waals surface area contributed by atoms with E-state index in [0.29, 0.717) is 6.04 Å². The highest BCUT2D eigenvalue weighted by molar-refractivity contribution is 5.14. The first-order chi connectivity index (χ1) is 7.56. The Balaban J connectivity index is 2.31. The van der Waals surface area contributed by atoms with E-state index in [-0.39, 0.29) is 5.41 Å². The van der Waals surface area contributed by atoms with Crippen molar-refractivity contribution in [3.63, 3.8) is 0 Å². The van der Waals surface area contributed by atoms with E-state index in [1.807, 2.05) is 0 Å². The fraction of sp³-hybridized carbons (Fsp3) is 0.600. The van der Waals surface area contributed by atoms with Crippen LogP contribution in [0.4, 0.5) is 0 Å². The van der Waals surface area contributed by atoms with Crippen molar-refractivity contribution in [2.75, 3.05) is 0 Å². The van der Waals surface area contributed by atoms with Gasteiger partial charge in [-0.1, -0.05) is 51.1 Å². The summed E-state index contributed by atoms with van der Waals surface area (Å²) in [5.74, 6) is 0. The van der Waals surface area contributed by atoms with Crippen LogP contribution in [0.1, 0.15) is 45.6 Å². The quantitative estimate of drug-likeness (QED) is 0.774. The van der Waals surface area contributed by atoms with E-state index in [9.17, 15) is 0 Å². The molecule has 0 heterocycles. The number of nitrogens with two attached hydrogens (primary N) is 1. The van der Waals surface area contributed by atoms with Crippen LogP contribution in [0.5, 0.6) is 0 Å². The van der Waals surface area contributed by atoms with Gasteiger partial charge in [0.25, 0.3) is 0 Å². The molecule has 0 aliphatic heterocycles. The molecule has 90 valence electrons. The van der Waals surface area contributed by atoms with Crippen LogP contribution in [0.2, 0.25) is 0 Å². The van der Waals surface area contributed by atoms with E-state index in [2.05, 4.69) is 51.1 Å². The third-order valence-electron chi connectivity index (χ3n) is 3.74. The Morgan fingerprint density at radius 2 is 1.81 bits per heavy atom. The number of benzene rings is 1. The standard InChI is InChI=1S/C15H25N/c1-4-15(2,3)14(16)12-8-11-13-9-6-5-7-10-13/h5-7,9-10,14H,4,8,11-12,16H2,1-3H3. The van der Waals surface area contributed by atoms with Gasteiger partial charge in [0.2, 0.25) is 0 Å². The molecule has 16 heavy (non-hydrogen) atoms. The number of hydrogen-bond donors (Lipinski definition) is 1. The molecule has 0 saturated heterocycles. The van der Waals surface area contributed by atoms with Gasteiger partial charge in [-0.15, -0.1) is 0 Å². The molecule has 1 aromatic carbocycles. The zero-order valence-corrected chi connectivity index (χ0v) is 10.9. The molecule has 0 fully saturated rings. The van der Waals surface area contributed by atoms with Crippen molar-refractivity contribution < 1.29 is 0 Å². The Morgan fingerprint density at radius 1 is 1.19 bits per heavy atom. The Hall–Kier alpha value is -0.820. The van der Waals surface area contributed by atoms with Crippen molar-refractivity contribution >= 4 is 0 Å². The molecule has 1 rings (SSSR count). The summed E-state index contributed by atoms with van der Waals surface area (Å²) in [5, 5.41) is 0. The Morgan fingerprint density at radius 3 is 2.38 bits per heavy atom. The molecule has 1 atom stereocenters. The average Bonchev–Trinajstić information content (AvgIpc) is 2.30. The van der Waals surface area contributed by atoms with Gasteiger partial charge < -0.3 is 5.73 Å². The fourth-order valence-corrected chi connectivity index (χ4v) is 1.82. The number of rotatable bonds is 6. The van der Waals surface area contributed by atoms with Crippen LogP contribution < -0.4 is 5.73 Å². The molecule has 0 saturated carbocycles. The maximum Gasteiger partial charge on any atom is 0.00902 e. The van der Waals surface area contributed by atoms with E-state index in [4.69, 9.17) is 5.73 Å². The van der Waals surface area contributed by atoms with Gasteiger partial charge >= 0.3 is 0 Å². The summed E-state index contributed by atoms with van der Waals surface area (Å²) >= 11 is 0. The van der Waals surface area contributed by atoms with Crippen LogP contribution >= 0.6 is 0 Å². The van der Waals surface area contributed by atoms with Crippen molar-refractivity contribution in [1.29, 1.82) is 0 Å². The molecule has 2 N–H and O–H groups in total. The lowest BCUT2D eigenvalue weighted by atomic mass is 9.80. The number of aryl methyl sites for hydroxylation is 1. The predicted octanol–water partition coefficient (Wildman–Crippen LogP) is 3.77. The van der Waals surface area contributed by atoms with E-state index in [1.165, 1.54) is 12.0 Å². The van der Waals surface area contributed by atoms with Crippen molar-refractivity contribution in [1.82, 2.24) is 0 Å². The van der Waals surface area contributed by atoms with Gasteiger partial charge in [0.05, 0.1) is 0 Å². The first kappa shape index (κ1) is 13.2. The van der Waals surface area contributed by atoms with E-state index in [1.54, 1.807) is 0 Å². The van der Waals surface area contributed by atoms with Gasteiger partial charge in [-0.25, -0.2) is 0 Å². The van der Waals surface area contributed by atoms with Gasteiger partial charge in [-0.2, -0.15) is 0 Å². The molecule has 0 radical (unpaired) electrons. The molecule has 1 unspecified atom stereocenters. The lowest BCUT2D eigenvalue weighted by molar-refractivity contribution is 0.259. The van der Waals surface area contributed by atoms with E-state index in [0.717, 1.165) is 19.3 Å². The fourth-order valence-electron chi connectivity index (χ4n) is 1.82. The lowest BCUT2D eigenvalue weighted by Crippen LogP contribution is -2.36. The summed E-state index contributed by atoms with van der Waals surface area (Å²) in [4.78, 5) is 0. The predicted molar refractivity (Wildman–Crippen MR) is 71.4 cm³/mol. The highest BCUT2D eigenvalue weighted by Crippen LogP contribution is 2.26. The van der Waals surface area contributed by atoms with Gasteiger partial charge in [0.15, 0.2) is 0 Å². The second-order valence-electron chi connectivity index (χ2n) is 5.33. The first-order valence-electron chi connectivity index (χ1n) is 6.36. The summed E-state index contributed by atoms with van der Waals surface area (Å²) in [6.07, 6.45) is 4.61. The van der Waals surface area contributed by atoms with Crippen molar-refractivity contribution in [3.8, 4) is 0 Å². The third-order valence-corrected chi connectivity index (χ3v) is 3.74. The molecule has 1 heteroatoms. The zero-order chi connectivity index (χ0) is 12.0. The molecule has 1 nitrogen and oxygen atoms in total. The SMILES string of the molecule is CCC(C)(C)C(N)CCCc1ccccc1. The van der Waals surface area contributed by atoms with Crippen LogP contribution in [0.25, 0.3) is 0 Å². The molecular weight excluding hydrogens is 194 g/mol. The molecule has 0 spiro atoms. The van der Waals surface area contributed by atoms with Gasteiger partial charge in [-0.3, -0.25) is 0 Å². The van der Waals surface area contributed by atoms with Crippen LogP contribution in [-0.4, -0.2) is 6.04 Å². The second kappa shape index (κ2) is 6.05. The van der Waals surface area contributed by atoms with Gasteiger partial charge in [0, 0.05) is 6.04 Å². The average molecular weight is 219 g/mol. The van der Waals surface area contributed by atoms with Crippen molar-refractivity contribution in [2.45, 2.75) is 52.5 Å². The summed E-state index contributed by atoms with van der Waals surface area (Å²) in [6, 6.07) is 11.0. The number of hydrogen-bond acceptors (Lipinski definition) is 1. The monoisotopic (exact) mass is 219 g/mol. The van der Waals surface area contributed by atoms with Crippen molar-refractivity contribution in [2.24, 2.45) is 11.1 Å². The smallest absolute Gasteiger partial charge is 0.00902 e. The Kier molecular flexibility index (Phi) is 5.01. The van der Waals surface area contributed by atoms with Crippen LogP contribution in [-0.2, 0) is 6.42 Å². The highest BCUT2D eigenvalue weighted by atomic mass is 14.7. The topological polar surface area (TPSA) is 26.0 Å². The summed E-state index contributed by atoms with van der Waals surface area (Å²) in [7, 11) is 0. The molecule has 0 aliphatic rings. The largest absolute Gasteiger partial charge is 0.327 e. The zero-order valence-electron chi connectivity index (χ0n) is 10.9. The van der Waals surface area contributed by atoms with Gasteiger partial charge in [-0.05, 0) is 36.7 Å². The van der Waals surface area contributed by atoms with E-state index >= 15 is 0 Å². The maximum absolute atomic E-state index is 6.23. The molecule has 1 aromatic rings. The second-order valence-corrected chi connectivity index (χ2v) is 5.33. The minimum absolute atomic E-state index is 0.274. The van der Waals surface area contributed by atoms with Gasteiger partial charge in [0.1, 0.15) is 0 Å². The van der Waals surface area contributed by atoms with Crippen molar-refractivity contribution in [3.05, 3.63) is 35.9 Å². The molecule has 0 amide bonds. The van der Waals surface area contributed by atoms with Crippen LogP contribution in [0.3, 0.4) is 0 Å². The minimum Gasteiger partial charge on any atom is -0.327 e. The first-order valence-corrected chi connectivity index (χ1v) is 6.36. The Bertz CT molecular complexity index is 290. The maximum atomic E-state index is 6.23. The minimum atomic E-state index is 0.274. The molecule has 0 aliphatic carbocycles. The lowest BCUT2D eigenvalue weighted by Gasteiger charge is -2.30. The third kappa shape index (κ3) is 3.97. The summed E-state index contributed by atoms with van der Waals surface area (Å²) < 4.78 is 0. The summed E-state index contributed by atoms with van der Waals surface area (Å²) in [6.45, 7) is 6.75. The Labute approximate surface area is 100 Å². The molecule has 0 bridgehead atoms. The van der Waals surface area contributed by atoms with Crippen LogP contribution in [0.15, 0.2) is 30.3 Å². The normalized spacial score (nSPS) is 13.8. The molecule has 0 aromatic heterocycles. The van der Waals surface area contributed by atoms with E-state index < -0.39 is 0 Å². The summed E-state index contributed by atoms with van der Waals surface area (Å²) in [5.41, 5.74) is 7.92.